The SMILES string of the molecule is COc1ccccc1/C=C/C(=O)Nc1ccc(S(C)(=O)=O)cc1. The third-order valence-electron chi connectivity index (χ3n) is 3.10. The van der Waals surface area contributed by atoms with E-state index in [-0.39, 0.29) is 10.8 Å². The highest BCUT2D eigenvalue weighted by atomic mass is 32.2. The number of ether oxygens (including phenoxy) is 1. The molecular weight excluding hydrogens is 314 g/mol. The predicted molar refractivity (Wildman–Crippen MR) is 90.2 cm³/mol. The molecule has 2 aromatic rings. The second-order valence-electron chi connectivity index (χ2n) is 4.86. The minimum atomic E-state index is -3.24. The molecule has 0 unspecified atom stereocenters. The largest absolute Gasteiger partial charge is 0.496 e. The number of nitrogens with one attached hydrogen (secondary N) is 1. The molecule has 0 aliphatic heterocycles. The summed E-state index contributed by atoms with van der Waals surface area (Å²) in [7, 11) is -1.68. The molecule has 0 bridgehead atoms. The molecule has 6 heteroatoms. The van der Waals surface area contributed by atoms with Crippen molar-refractivity contribution in [1.29, 1.82) is 0 Å². The van der Waals surface area contributed by atoms with E-state index >= 15 is 0 Å². The molecule has 2 aromatic carbocycles. The average Bonchev–Trinajstić information content (AvgIpc) is 2.53. The molecule has 0 aliphatic carbocycles. The highest BCUT2D eigenvalue weighted by molar-refractivity contribution is 7.90. The van der Waals surface area contributed by atoms with Crippen molar-refractivity contribution in [3.8, 4) is 5.75 Å². The molecule has 0 radical (unpaired) electrons. The lowest BCUT2D eigenvalue weighted by Gasteiger charge is -2.05. The normalized spacial score (nSPS) is 11.4. The maximum absolute atomic E-state index is 11.9. The lowest BCUT2D eigenvalue weighted by Crippen LogP contribution is -2.08. The van der Waals surface area contributed by atoms with Crippen molar-refractivity contribution in [3.63, 3.8) is 0 Å². The van der Waals surface area contributed by atoms with Gasteiger partial charge >= 0.3 is 0 Å². The summed E-state index contributed by atoms with van der Waals surface area (Å²) in [6.45, 7) is 0. The van der Waals surface area contributed by atoms with Crippen LogP contribution in [0.3, 0.4) is 0 Å². The van der Waals surface area contributed by atoms with E-state index in [2.05, 4.69) is 5.32 Å². The van der Waals surface area contributed by atoms with Gasteiger partial charge in [0.1, 0.15) is 5.75 Å². The highest BCUT2D eigenvalue weighted by Crippen LogP contribution is 2.19. The molecule has 0 atom stereocenters. The van der Waals surface area contributed by atoms with Gasteiger partial charge in [-0.2, -0.15) is 0 Å². The number of hydrogen-bond donors (Lipinski definition) is 1. The number of para-hydroxylation sites is 1. The van der Waals surface area contributed by atoms with Gasteiger partial charge in [-0.05, 0) is 36.4 Å². The number of amides is 1. The van der Waals surface area contributed by atoms with E-state index in [4.69, 9.17) is 4.74 Å². The average molecular weight is 331 g/mol. The summed E-state index contributed by atoms with van der Waals surface area (Å²) < 4.78 is 28.0. The van der Waals surface area contributed by atoms with Gasteiger partial charge in [0.15, 0.2) is 9.84 Å². The molecule has 5 nitrogen and oxygen atoms in total. The van der Waals surface area contributed by atoms with Crippen LogP contribution in [0.4, 0.5) is 5.69 Å². The van der Waals surface area contributed by atoms with Crippen LogP contribution in [0, 0.1) is 0 Å². The monoisotopic (exact) mass is 331 g/mol. The van der Waals surface area contributed by atoms with Gasteiger partial charge in [-0.1, -0.05) is 18.2 Å². The summed E-state index contributed by atoms with van der Waals surface area (Å²) in [5.41, 5.74) is 1.31. The predicted octanol–water partition coefficient (Wildman–Crippen LogP) is 2.75. The summed E-state index contributed by atoms with van der Waals surface area (Å²) in [5.74, 6) is 0.358. The molecule has 0 aromatic heterocycles. The summed E-state index contributed by atoms with van der Waals surface area (Å²) in [5, 5.41) is 2.67. The fourth-order valence-corrected chi connectivity index (χ4v) is 2.57. The van der Waals surface area contributed by atoms with Crippen molar-refractivity contribution in [3.05, 3.63) is 60.2 Å². The first kappa shape index (κ1) is 16.8. The van der Waals surface area contributed by atoms with Gasteiger partial charge < -0.3 is 10.1 Å². The third kappa shape index (κ3) is 4.69. The van der Waals surface area contributed by atoms with Crippen molar-refractivity contribution in [2.24, 2.45) is 0 Å². The van der Waals surface area contributed by atoms with Crippen LogP contribution < -0.4 is 10.1 Å². The Morgan fingerprint density at radius 3 is 2.35 bits per heavy atom. The smallest absolute Gasteiger partial charge is 0.248 e. The van der Waals surface area contributed by atoms with E-state index in [0.717, 1.165) is 11.8 Å². The van der Waals surface area contributed by atoms with E-state index in [1.54, 1.807) is 25.3 Å². The van der Waals surface area contributed by atoms with Crippen LogP contribution in [0.5, 0.6) is 5.75 Å². The van der Waals surface area contributed by atoms with Gasteiger partial charge in [0.2, 0.25) is 5.91 Å². The van der Waals surface area contributed by atoms with Crippen LogP contribution in [-0.2, 0) is 14.6 Å². The van der Waals surface area contributed by atoms with Gasteiger partial charge in [-0.25, -0.2) is 8.42 Å². The maximum atomic E-state index is 11.9. The van der Waals surface area contributed by atoms with Crippen LogP contribution in [0.2, 0.25) is 0 Å². The molecule has 0 saturated carbocycles. The fourth-order valence-electron chi connectivity index (χ4n) is 1.94. The molecule has 1 N–H and O–H groups in total. The Morgan fingerprint density at radius 1 is 1.09 bits per heavy atom. The summed E-state index contributed by atoms with van der Waals surface area (Å²) in [6, 6.07) is 13.3. The Morgan fingerprint density at radius 2 is 1.74 bits per heavy atom. The van der Waals surface area contributed by atoms with E-state index in [1.165, 1.54) is 18.2 Å². The molecule has 120 valence electrons. The lowest BCUT2D eigenvalue weighted by atomic mass is 10.2. The van der Waals surface area contributed by atoms with Crippen molar-refractivity contribution >= 4 is 27.5 Å². The molecule has 0 aliphatic rings. The third-order valence-corrected chi connectivity index (χ3v) is 4.23. The van der Waals surface area contributed by atoms with Crippen molar-refractivity contribution in [2.75, 3.05) is 18.7 Å². The van der Waals surface area contributed by atoms with E-state index in [0.29, 0.717) is 11.4 Å². The van der Waals surface area contributed by atoms with Gasteiger partial charge in [-0.3, -0.25) is 4.79 Å². The molecule has 1 amide bonds. The fraction of sp³-hybridized carbons (Fsp3) is 0.118. The lowest BCUT2D eigenvalue weighted by molar-refractivity contribution is -0.111. The van der Waals surface area contributed by atoms with Gasteiger partial charge in [-0.15, -0.1) is 0 Å². The number of methoxy groups -OCH3 is 1. The second kappa shape index (κ2) is 7.11. The Balaban J connectivity index is 2.06. The molecule has 23 heavy (non-hydrogen) atoms. The molecule has 2 rings (SSSR count). The summed E-state index contributed by atoms with van der Waals surface area (Å²) in [6.07, 6.45) is 4.18. The number of rotatable bonds is 5. The van der Waals surface area contributed by atoms with Crippen LogP contribution in [0.25, 0.3) is 6.08 Å². The minimum absolute atomic E-state index is 0.208. The quantitative estimate of drug-likeness (QED) is 0.855. The number of carbonyl (C=O) groups excluding carboxylic acids is 1. The first-order valence-electron chi connectivity index (χ1n) is 6.82. The topological polar surface area (TPSA) is 72.5 Å². The van der Waals surface area contributed by atoms with Crippen LogP contribution in [0.1, 0.15) is 5.56 Å². The Bertz CT molecular complexity index is 824. The number of carbonyl (C=O) groups is 1. The van der Waals surface area contributed by atoms with Crippen LogP contribution in [0.15, 0.2) is 59.5 Å². The Hall–Kier alpha value is -2.60. The van der Waals surface area contributed by atoms with Gasteiger partial charge in [0, 0.05) is 23.6 Å². The van der Waals surface area contributed by atoms with Crippen LogP contribution >= 0.6 is 0 Å². The van der Waals surface area contributed by atoms with E-state index < -0.39 is 9.84 Å². The first-order valence-corrected chi connectivity index (χ1v) is 8.71. The second-order valence-corrected chi connectivity index (χ2v) is 6.88. The minimum Gasteiger partial charge on any atom is -0.496 e. The molecule has 0 fully saturated rings. The zero-order valence-electron chi connectivity index (χ0n) is 12.8. The summed E-state index contributed by atoms with van der Waals surface area (Å²) >= 11 is 0. The zero-order chi connectivity index (χ0) is 16.9. The number of benzene rings is 2. The summed E-state index contributed by atoms with van der Waals surface area (Å²) in [4.78, 5) is 12.1. The maximum Gasteiger partial charge on any atom is 0.248 e. The van der Waals surface area contributed by atoms with Crippen LogP contribution in [-0.4, -0.2) is 27.7 Å². The van der Waals surface area contributed by atoms with Crippen molar-refractivity contribution in [2.45, 2.75) is 4.90 Å². The van der Waals surface area contributed by atoms with Crippen molar-refractivity contribution < 1.29 is 17.9 Å². The number of sulfone groups is 1. The Labute approximate surface area is 135 Å². The van der Waals surface area contributed by atoms with Crippen molar-refractivity contribution in [1.82, 2.24) is 0 Å². The Kier molecular flexibility index (Phi) is 5.18. The molecule has 0 saturated heterocycles. The molecule has 0 heterocycles. The highest BCUT2D eigenvalue weighted by Gasteiger charge is 2.06. The van der Waals surface area contributed by atoms with Gasteiger partial charge in [0.05, 0.1) is 12.0 Å². The van der Waals surface area contributed by atoms with E-state index in [9.17, 15) is 13.2 Å². The number of anilines is 1. The first-order chi connectivity index (χ1) is 10.9. The molecule has 0 spiro atoms. The van der Waals surface area contributed by atoms with Gasteiger partial charge in [0.25, 0.3) is 0 Å². The molecular formula is C17H17NO4S. The zero-order valence-corrected chi connectivity index (χ0v) is 13.6. The standard InChI is InChI=1S/C17H17NO4S/c1-22-16-6-4-3-5-13(16)7-12-17(19)18-14-8-10-15(11-9-14)23(2,20)21/h3-12H,1-2H3,(H,18,19)/b12-7+. The number of hydrogen-bond acceptors (Lipinski definition) is 4. The van der Waals surface area contributed by atoms with E-state index in [1.807, 2.05) is 24.3 Å².